The van der Waals surface area contributed by atoms with Crippen LogP contribution in [-0.4, -0.2) is 41.7 Å². The molecule has 3 rings (SSSR count). The van der Waals surface area contributed by atoms with Gasteiger partial charge >= 0.3 is 5.97 Å². The highest BCUT2D eigenvalue weighted by Gasteiger charge is 2.28. The molecular formula is C22H27N3O4. The summed E-state index contributed by atoms with van der Waals surface area (Å²) in [6, 6.07) is 11.9. The molecule has 2 aromatic carbocycles. The summed E-state index contributed by atoms with van der Waals surface area (Å²) in [6.07, 6.45) is 1.88. The molecule has 1 saturated heterocycles. The van der Waals surface area contributed by atoms with Crippen molar-refractivity contribution >= 4 is 17.3 Å². The molecule has 154 valence electrons. The zero-order valence-corrected chi connectivity index (χ0v) is 16.8. The third-order valence-corrected chi connectivity index (χ3v) is 5.26. The van der Waals surface area contributed by atoms with Gasteiger partial charge in [0.1, 0.15) is 5.69 Å². The lowest BCUT2D eigenvalue weighted by molar-refractivity contribution is -0.384. The number of nitrogens with one attached hydrogen (secondary N) is 1. The van der Waals surface area contributed by atoms with Crippen LogP contribution in [0.2, 0.25) is 0 Å². The quantitative estimate of drug-likeness (QED) is 0.538. The molecule has 0 aromatic heterocycles. The van der Waals surface area contributed by atoms with Crippen molar-refractivity contribution in [3.05, 3.63) is 58.1 Å². The fourth-order valence-electron chi connectivity index (χ4n) is 3.96. The van der Waals surface area contributed by atoms with E-state index in [9.17, 15) is 20.0 Å². The van der Waals surface area contributed by atoms with Gasteiger partial charge in [0.25, 0.3) is 5.69 Å². The van der Waals surface area contributed by atoms with Gasteiger partial charge in [-0.25, -0.2) is 4.79 Å². The minimum Gasteiger partial charge on any atom is -0.478 e. The van der Waals surface area contributed by atoms with Crippen LogP contribution in [0.4, 0.5) is 11.4 Å². The summed E-state index contributed by atoms with van der Waals surface area (Å²) in [5, 5.41) is 24.8. The zero-order valence-electron chi connectivity index (χ0n) is 16.8. The molecule has 0 aliphatic carbocycles. The van der Waals surface area contributed by atoms with E-state index in [0.29, 0.717) is 22.7 Å². The molecule has 0 bridgehead atoms. The van der Waals surface area contributed by atoms with Crippen LogP contribution in [0.25, 0.3) is 11.1 Å². The first-order valence-corrected chi connectivity index (χ1v) is 9.97. The molecule has 7 heteroatoms. The Bertz CT molecular complexity index is 891. The molecule has 0 spiro atoms. The van der Waals surface area contributed by atoms with Gasteiger partial charge in [0, 0.05) is 18.7 Å². The smallest absolute Gasteiger partial charge is 0.336 e. The van der Waals surface area contributed by atoms with Crippen molar-refractivity contribution in [2.24, 2.45) is 5.92 Å². The Balaban J connectivity index is 2.07. The zero-order chi connectivity index (χ0) is 21.0. The predicted molar refractivity (Wildman–Crippen MR) is 114 cm³/mol. The van der Waals surface area contributed by atoms with Crippen LogP contribution >= 0.6 is 0 Å². The number of nitro groups is 1. The van der Waals surface area contributed by atoms with Crippen molar-refractivity contribution in [2.45, 2.75) is 32.7 Å². The lowest BCUT2D eigenvalue weighted by atomic mass is 9.97. The predicted octanol–water partition coefficient (Wildman–Crippen LogP) is 4.17. The van der Waals surface area contributed by atoms with Crippen LogP contribution in [0.3, 0.4) is 0 Å². The SMILES string of the molecule is CC(C)CN(c1ccc(-c2ccccc2C(=O)O)cc1[N+](=O)[O-])C1CCNCC1. The van der Waals surface area contributed by atoms with E-state index in [1.165, 1.54) is 12.1 Å². The molecule has 2 aromatic rings. The van der Waals surface area contributed by atoms with Crippen LogP contribution in [0.1, 0.15) is 37.0 Å². The number of rotatable bonds is 7. The van der Waals surface area contributed by atoms with Gasteiger partial charge in [-0.2, -0.15) is 0 Å². The van der Waals surface area contributed by atoms with Crippen LogP contribution in [0.5, 0.6) is 0 Å². The molecule has 0 saturated carbocycles. The molecule has 0 unspecified atom stereocenters. The molecule has 0 amide bonds. The molecule has 0 radical (unpaired) electrons. The van der Waals surface area contributed by atoms with Gasteiger partial charge in [0.05, 0.1) is 10.5 Å². The van der Waals surface area contributed by atoms with Gasteiger partial charge in [0.15, 0.2) is 0 Å². The fraction of sp³-hybridized carbons (Fsp3) is 0.409. The van der Waals surface area contributed by atoms with E-state index in [1.54, 1.807) is 30.3 Å². The van der Waals surface area contributed by atoms with E-state index < -0.39 is 5.97 Å². The Labute approximate surface area is 170 Å². The average molecular weight is 397 g/mol. The van der Waals surface area contributed by atoms with Gasteiger partial charge in [-0.15, -0.1) is 0 Å². The maximum Gasteiger partial charge on any atom is 0.336 e. The number of carboxylic acid groups (broad SMARTS) is 1. The van der Waals surface area contributed by atoms with Crippen LogP contribution < -0.4 is 10.2 Å². The summed E-state index contributed by atoms with van der Waals surface area (Å²) >= 11 is 0. The van der Waals surface area contributed by atoms with Gasteiger partial charge < -0.3 is 15.3 Å². The van der Waals surface area contributed by atoms with Gasteiger partial charge in [0.2, 0.25) is 0 Å². The first kappa shape index (κ1) is 20.8. The van der Waals surface area contributed by atoms with E-state index in [0.717, 1.165) is 32.5 Å². The maximum absolute atomic E-state index is 11.9. The third-order valence-electron chi connectivity index (χ3n) is 5.26. The number of nitrogens with zero attached hydrogens (tertiary/aromatic N) is 2. The Hall–Kier alpha value is -2.93. The van der Waals surface area contributed by atoms with Crippen molar-refractivity contribution in [1.82, 2.24) is 5.32 Å². The van der Waals surface area contributed by atoms with Crippen LogP contribution in [0.15, 0.2) is 42.5 Å². The van der Waals surface area contributed by atoms with Crippen molar-refractivity contribution in [1.29, 1.82) is 0 Å². The van der Waals surface area contributed by atoms with Crippen molar-refractivity contribution in [3.63, 3.8) is 0 Å². The highest BCUT2D eigenvalue weighted by atomic mass is 16.6. The molecule has 1 fully saturated rings. The van der Waals surface area contributed by atoms with Gasteiger partial charge in [-0.3, -0.25) is 10.1 Å². The monoisotopic (exact) mass is 397 g/mol. The first-order chi connectivity index (χ1) is 13.9. The van der Waals surface area contributed by atoms with Crippen molar-refractivity contribution in [3.8, 4) is 11.1 Å². The van der Waals surface area contributed by atoms with E-state index >= 15 is 0 Å². The summed E-state index contributed by atoms with van der Waals surface area (Å²) in [4.78, 5) is 25.3. The fourth-order valence-corrected chi connectivity index (χ4v) is 3.96. The number of piperidine rings is 1. The third kappa shape index (κ3) is 4.74. The molecule has 2 N–H and O–H groups in total. The number of hydrogen-bond acceptors (Lipinski definition) is 5. The summed E-state index contributed by atoms with van der Waals surface area (Å²) < 4.78 is 0. The van der Waals surface area contributed by atoms with E-state index in [-0.39, 0.29) is 22.2 Å². The number of hydrogen-bond donors (Lipinski definition) is 2. The molecule has 1 aliphatic rings. The summed E-state index contributed by atoms with van der Waals surface area (Å²) in [6.45, 7) is 6.75. The second-order valence-corrected chi connectivity index (χ2v) is 7.84. The second-order valence-electron chi connectivity index (χ2n) is 7.84. The van der Waals surface area contributed by atoms with E-state index in [2.05, 4.69) is 24.1 Å². The Morgan fingerprint density at radius 3 is 2.55 bits per heavy atom. The highest BCUT2D eigenvalue weighted by Crippen LogP contribution is 2.36. The molecule has 1 heterocycles. The number of carboxylic acids is 1. The highest BCUT2D eigenvalue weighted by molar-refractivity contribution is 5.96. The number of nitro benzene ring substituents is 1. The maximum atomic E-state index is 11.9. The van der Waals surface area contributed by atoms with Gasteiger partial charge in [-0.05, 0) is 55.1 Å². The largest absolute Gasteiger partial charge is 0.478 e. The first-order valence-electron chi connectivity index (χ1n) is 9.97. The summed E-state index contributed by atoms with van der Waals surface area (Å²) in [5.41, 5.74) is 1.76. The normalized spacial score (nSPS) is 14.7. The number of anilines is 1. The lowest BCUT2D eigenvalue weighted by Gasteiger charge is -2.37. The lowest BCUT2D eigenvalue weighted by Crippen LogP contribution is -2.45. The summed E-state index contributed by atoms with van der Waals surface area (Å²) in [5.74, 6) is -0.694. The van der Waals surface area contributed by atoms with Crippen LogP contribution in [0, 0.1) is 16.0 Å². The molecule has 1 aliphatic heterocycles. The Morgan fingerprint density at radius 2 is 1.93 bits per heavy atom. The van der Waals surface area contributed by atoms with Crippen LogP contribution in [-0.2, 0) is 0 Å². The molecule has 7 nitrogen and oxygen atoms in total. The van der Waals surface area contributed by atoms with Crippen molar-refractivity contribution in [2.75, 3.05) is 24.5 Å². The Kier molecular flexibility index (Phi) is 6.49. The number of benzene rings is 2. The number of carbonyl (C=O) groups is 1. The number of aromatic carboxylic acids is 1. The summed E-state index contributed by atoms with van der Waals surface area (Å²) in [7, 11) is 0. The van der Waals surface area contributed by atoms with Crippen molar-refractivity contribution < 1.29 is 14.8 Å². The average Bonchev–Trinajstić information content (AvgIpc) is 2.72. The molecule has 29 heavy (non-hydrogen) atoms. The minimum absolute atomic E-state index is 0.0156. The van der Waals surface area contributed by atoms with E-state index in [4.69, 9.17) is 0 Å². The standard InChI is InChI=1S/C22H27N3O4/c1-15(2)14-24(17-9-11-23-12-10-17)20-8-7-16(13-21(20)25(28)29)18-5-3-4-6-19(18)22(26)27/h3-8,13,15,17,23H,9-12,14H2,1-2H3,(H,26,27). The second kappa shape index (κ2) is 9.05. The topological polar surface area (TPSA) is 95.7 Å². The Morgan fingerprint density at radius 1 is 1.24 bits per heavy atom. The van der Waals surface area contributed by atoms with Gasteiger partial charge in [-0.1, -0.05) is 38.1 Å². The minimum atomic E-state index is -1.05. The molecular weight excluding hydrogens is 370 g/mol. The van der Waals surface area contributed by atoms with E-state index in [1.807, 2.05) is 0 Å². The molecule has 0 atom stereocenters.